The van der Waals surface area contributed by atoms with Gasteiger partial charge in [-0.1, -0.05) is 43.7 Å². The molecule has 8 nitrogen and oxygen atoms in total. The van der Waals surface area contributed by atoms with Gasteiger partial charge in [0.25, 0.3) is 0 Å². The van der Waals surface area contributed by atoms with Crippen LogP contribution < -0.4 is 4.74 Å². The van der Waals surface area contributed by atoms with Gasteiger partial charge in [-0.2, -0.15) is 0 Å². The molecule has 1 N–H and O–H groups in total. The number of nitrogens with zero attached hydrogens (tertiary/aromatic N) is 2. The lowest BCUT2D eigenvalue weighted by molar-refractivity contribution is -0.142. The maximum atomic E-state index is 13.7. The smallest absolute Gasteiger partial charge is 0.234 e. The Labute approximate surface area is 211 Å². The van der Waals surface area contributed by atoms with Crippen LogP contribution in [0.4, 0.5) is 0 Å². The second kappa shape index (κ2) is 9.81. The predicted octanol–water partition coefficient (Wildman–Crippen LogP) is 2.51. The molecular weight excluding hydrogens is 460 g/mol. The van der Waals surface area contributed by atoms with E-state index in [2.05, 4.69) is 6.08 Å². The van der Waals surface area contributed by atoms with E-state index in [0.717, 1.165) is 11.1 Å². The second-order valence-corrected chi connectivity index (χ2v) is 10.3. The first-order chi connectivity index (χ1) is 17.4. The Morgan fingerprint density at radius 1 is 0.861 bits per heavy atom. The highest BCUT2D eigenvalue weighted by Gasteiger charge is 2.61. The van der Waals surface area contributed by atoms with E-state index < -0.39 is 29.6 Å². The van der Waals surface area contributed by atoms with Crippen molar-refractivity contribution >= 4 is 23.6 Å². The van der Waals surface area contributed by atoms with Crippen LogP contribution >= 0.6 is 0 Å². The Morgan fingerprint density at radius 3 is 2.17 bits per heavy atom. The Kier molecular flexibility index (Phi) is 6.72. The topological polar surface area (TPSA) is 104 Å². The molecule has 4 amide bonds. The fraction of sp³-hybridized carbons (Fsp3) is 0.571. The van der Waals surface area contributed by atoms with Gasteiger partial charge >= 0.3 is 0 Å². The van der Waals surface area contributed by atoms with Gasteiger partial charge in [-0.3, -0.25) is 29.0 Å². The molecule has 0 bridgehead atoms. The third kappa shape index (κ3) is 3.69. The van der Waals surface area contributed by atoms with E-state index in [-0.39, 0.29) is 42.8 Å². The molecule has 36 heavy (non-hydrogen) atoms. The maximum Gasteiger partial charge on any atom is 0.234 e. The number of imide groups is 2. The Balaban J connectivity index is 1.62. The number of aliphatic hydroxyl groups is 1. The standard InChI is InChI=1S/C28H34N2O6/c1-3-11-29-25(32)18-10-9-16-19(23(18)27(29)34)15-20-24(28(35)30(12-4-2)26(20)33)22(16)17-7-5-6-8-21(17)36-14-13-31/h5-9,18-20,22-24,31H,3-4,10-15H2,1-2H3. The van der Waals surface area contributed by atoms with Gasteiger partial charge < -0.3 is 9.84 Å². The highest BCUT2D eigenvalue weighted by molar-refractivity contribution is 6.08. The van der Waals surface area contributed by atoms with Crippen molar-refractivity contribution in [3.8, 4) is 5.75 Å². The number of aliphatic hydroxyl groups excluding tert-OH is 1. The minimum Gasteiger partial charge on any atom is -0.491 e. The Bertz CT molecular complexity index is 1110. The highest BCUT2D eigenvalue weighted by atomic mass is 16.5. The molecule has 8 heteroatoms. The van der Waals surface area contributed by atoms with E-state index >= 15 is 0 Å². The lowest BCUT2D eigenvalue weighted by Crippen LogP contribution is -2.43. The van der Waals surface area contributed by atoms with Gasteiger partial charge in [0.05, 0.1) is 30.3 Å². The minimum atomic E-state index is -0.569. The highest BCUT2D eigenvalue weighted by Crippen LogP contribution is 2.58. The van der Waals surface area contributed by atoms with Crippen molar-refractivity contribution in [2.45, 2.75) is 45.4 Å². The first-order valence-corrected chi connectivity index (χ1v) is 13.2. The van der Waals surface area contributed by atoms with Crippen LogP contribution in [-0.2, 0) is 19.2 Å². The lowest BCUT2D eigenvalue weighted by Gasteiger charge is -2.44. The predicted molar refractivity (Wildman–Crippen MR) is 131 cm³/mol. The SMILES string of the molecule is CCCN1C(=O)C2CC=C3C(CC4C(=O)N(CCC)C(=O)C4C3c3ccccc3OCCO)C2C1=O. The van der Waals surface area contributed by atoms with Crippen molar-refractivity contribution < 1.29 is 29.0 Å². The number of allylic oxidation sites excluding steroid dienone is 2. The minimum absolute atomic E-state index is 0.110. The summed E-state index contributed by atoms with van der Waals surface area (Å²) >= 11 is 0. The summed E-state index contributed by atoms with van der Waals surface area (Å²) in [6.07, 6.45) is 4.28. The number of amides is 4. The second-order valence-electron chi connectivity index (χ2n) is 10.3. The van der Waals surface area contributed by atoms with Gasteiger partial charge in [-0.15, -0.1) is 0 Å². The molecule has 1 aromatic carbocycles. The van der Waals surface area contributed by atoms with Crippen LogP contribution in [0.2, 0.25) is 0 Å². The van der Waals surface area contributed by atoms with E-state index in [1.165, 1.54) is 9.80 Å². The fourth-order valence-electron chi connectivity index (χ4n) is 6.98. The zero-order valence-electron chi connectivity index (χ0n) is 20.9. The molecule has 0 spiro atoms. The number of carbonyl (C=O) groups excluding carboxylic acids is 4. The number of fused-ring (bicyclic) bond motifs is 4. The molecule has 2 heterocycles. The number of carbonyl (C=O) groups is 4. The van der Waals surface area contributed by atoms with Crippen molar-refractivity contribution in [3.05, 3.63) is 41.5 Å². The number of likely N-dealkylation sites (tertiary alicyclic amines) is 2. The van der Waals surface area contributed by atoms with E-state index in [1.807, 2.05) is 38.1 Å². The number of hydrogen-bond acceptors (Lipinski definition) is 6. The first-order valence-electron chi connectivity index (χ1n) is 13.2. The lowest BCUT2D eigenvalue weighted by atomic mass is 9.57. The zero-order chi connectivity index (χ0) is 25.6. The summed E-state index contributed by atoms with van der Waals surface area (Å²) in [5, 5.41) is 9.35. The Morgan fingerprint density at radius 2 is 1.50 bits per heavy atom. The number of para-hydroxylation sites is 1. The first kappa shape index (κ1) is 24.7. The van der Waals surface area contributed by atoms with Crippen LogP contribution in [0.25, 0.3) is 0 Å². The molecule has 3 fully saturated rings. The molecule has 2 aliphatic carbocycles. The third-order valence-electron chi connectivity index (χ3n) is 8.33. The van der Waals surface area contributed by atoms with Crippen molar-refractivity contribution in [3.63, 3.8) is 0 Å². The van der Waals surface area contributed by atoms with Crippen LogP contribution in [0.15, 0.2) is 35.9 Å². The molecule has 2 saturated heterocycles. The van der Waals surface area contributed by atoms with Gasteiger partial charge in [0.15, 0.2) is 0 Å². The van der Waals surface area contributed by atoms with Crippen molar-refractivity contribution in [2.24, 2.45) is 29.6 Å². The number of hydrogen-bond donors (Lipinski definition) is 1. The molecule has 4 aliphatic rings. The average molecular weight is 495 g/mol. The summed E-state index contributed by atoms with van der Waals surface area (Å²) in [7, 11) is 0. The van der Waals surface area contributed by atoms with Gasteiger partial charge in [0.2, 0.25) is 23.6 Å². The van der Waals surface area contributed by atoms with Crippen molar-refractivity contribution in [1.82, 2.24) is 9.80 Å². The zero-order valence-corrected chi connectivity index (χ0v) is 20.9. The van der Waals surface area contributed by atoms with E-state index in [9.17, 15) is 24.3 Å². The fourth-order valence-corrected chi connectivity index (χ4v) is 6.98. The maximum absolute atomic E-state index is 13.7. The number of rotatable bonds is 8. The molecule has 6 unspecified atom stereocenters. The number of benzene rings is 1. The molecule has 1 aromatic rings. The van der Waals surface area contributed by atoms with Crippen LogP contribution in [0.1, 0.15) is 51.0 Å². The molecule has 6 atom stereocenters. The van der Waals surface area contributed by atoms with E-state index in [0.29, 0.717) is 44.5 Å². The largest absolute Gasteiger partial charge is 0.491 e. The quantitative estimate of drug-likeness (QED) is 0.440. The molecule has 2 aliphatic heterocycles. The summed E-state index contributed by atoms with van der Waals surface area (Å²) < 4.78 is 5.86. The average Bonchev–Trinajstić information content (AvgIpc) is 3.27. The Hall–Kier alpha value is -3.00. The summed E-state index contributed by atoms with van der Waals surface area (Å²) in [4.78, 5) is 56.6. The van der Waals surface area contributed by atoms with Crippen LogP contribution in [-0.4, -0.2) is 64.8 Å². The van der Waals surface area contributed by atoms with Crippen molar-refractivity contribution in [1.29, 1.82) is 0 Å². The van der Waals surface area contributed by atoms with Gasteiger partial charge in [0.1, 0.15) is 12.4 Å². The molecule has 1 saturated carbocycles. The summed E-state index contributed by atoms with van der Waals surface area (Å²) in [6.45, 7) is 4.63. The van der Waals surface area contributed by atoms with Crippen molar-refractivity contribution in [2.75, 3.05) is 26.3 Å². The molecule has 0 radical (unpaired) electrons. The molecule has 0 aromatic heterocycles. The monoisotopic (exact) mass is 494 g/mol. The van der Waals surface area contributed by atoms with E-state index in [1.54, 1.807) is 0 Å². The van der Waals surface area contributed by atoms with Crippen LogP contribution in [0.3, 0.4) is 0 Å². The van der Waals surface area contributed by atoms with Gasteiger partial charge in [-0.25, -0.2) is 0 Å². The van der Waals surface area contributed by atoms with E-state index in [4.69, 9.17) is 4.74 Å². The molecule has 192 valence electrons. The van der Waals surface area contributed by atoms with Gasteiger partial charge in [0, 0.05) is 24.6 Å². The summed E-state index contributed by atoms with van der Waals surface area (Å²) in [5.41, 5.74) is 1.76. The normalized spacial score (nSPS) is 31.4. The third-order valence-corrected chi connectivity index (χ3v) is 8.33. The molecular formula is C28H34N2O6. The van der Waals surface area contributed by atoms with Gasteiger partial charge in [-0.05, 0) is 37.7 Å². The van der Waals surface area contributed by atoms with Crippen LogP contribution in [0.5, 0.6) is 5.75 Å². The van der Waals surface area contributed by atoms with Crippen LogP contribution in [0, 0.1) is 29.6 Å². The summed E-state index contributed by atoms with van der Waals surface area (Å²) in [5.74, 6) is -2.76. The molecule has 5 rings (SSSR count). The number of ether oxygens (including phenoxy) is 1. The summed E-state index contributed by atoms with van der Waals surface area (Å²) in [6, 6.07) is 7.44.